The van der Waals surface area contributed by atoms with Gasteiger partial charge in [0, 0.05) is 44.0 Å². The molecule has 0 aromatic carbocycles. The largest absolute Gasteiger partial charge is 0.465 e. The zero-order chi connectivity index (χ0) is 17.8. The summed E-state index contributed by atoms with van der Waals surface area (Å²) in [7, 11) is 1.87. The summed E-state index contributed by atoms with van der Waals surface area (Å²) in [4.78, 5) is 25.3. The van der Waals surface area contributed by atoms with Crippen LogP contribution in [0.4, 0.5) is 5.82 Å². The van der Waals surface area contributed by atoms with Gasteiger partial charge in [-0.1, -0.05) is 0 Å². The molecule has 0 N–H and O–H groups in total. The number of aromatic nitrogens is 2. The molecule has 6 heteroatoms. The molecule has 3 heterocycles. The van der Waals surface area contributed by atoms with Crippen molar-refractivity contribution in [1.82, 2.24) is 14.9 Å². The molecule has 1 aliphatic heterocycles. The molecule has 0 radical (unpaired) electrons. The lowest BCUT2D eigenvalue weighted by atomic mass is 10.0. The molecule has 0 aliphatic carbocycles. The van der Waals surface area contributed by atoms with Gasteiger partial charge < -0.3 is 14.2 Å². The normalized spacial score (nSPS) is 15.7. The summed E-state index contributed by atoms with van der Waals surface area (Å²) in [5.74, 6) is 2.47. The molecule has 0 bridgehead atoms. The third kappa shape index (κ3) is 4.26. The molecule has 2 aromatic heterocycles. The smallest absolute Gasteiger partial charge is 0.246 e. The van der Waals surface area contributed by atoms with Crippen LogP contribution in [0.5, 0.6) is 0 Å². The number of rotatable bonds is 4. The van der Waals surface area contributed by atoms with Gasteiger partial charge in [0.05, 0.1) is 6.26 Å². The van der Waals surface area contributed by atoms with Gasteiger partial charge in [0.15, 0.2) is 0 Å². The van der Waals surface area contributed by atoms with Gasteiger partial charge >= 0.3 is 0 Å². The molecule has 0 saturated carbocycles. The highest BCUT2D eigenvalue weighted by Crippen LogP contribution is 2.21. The van der Waals surface area contributed by atoms with E-state index >= 15 is 0 Å². The van der Waals surface area contributed by atoms with Gasteiger partial charge in [0.2, 0.25) is 5.91 Å². The first-order valence-corrected chi connectivity index (χ1v) is 8.58. The number of nitrogens with zero attached hydrogens (tertiary/aromatic N) is 4. The van der Waals surface area contributed by atoms with Crippen molar-refractivity contribution < 1.29 is 9.21 Å². The highest BCUT2D eigenvalue weighted by molar-refractivity contribution is 5.91. The Bertz CT molecular complexity index is 727. The molecule has 6 nitrogen and oxygen atoms in total. The summed E-state index contributed by atoms with van der Waals surface area (Å²) in [6.45, 7) is 5.68. The van der Waals surface area contributed by atoms with Gasteiger partial charge in [-0.2, -0.15) is 0 Å². The molecule has 2 aromatic rings. The minimum absolute atomic E-state index is 0.00331. The Balaban J connectivity index is 1.57. The zero-order valence-corrected chi connectivity index (χ0v) is 15.0. The SMILES string of the molecule is Cc1cc(N2CCC(N(C)C(=O)C=Cc3ccco3)CC2)nc(C)n1. The van der Waals surface area contributed by atoms with Crippen LogP contribution in [0.1, 0.15) is 30.1 Å². The quantitative estimate of drug-likeness (QED) is 0.801. The molecule has 0 spiro atoms. The minimum Gasteiger partial charge on any atom is -0.465 e. The summed E-state index contributed by atoms with van der Waals surface area (Å²) < 4.78 is 5.22. The van der Waals surface area contributed by atoms with Crippen LogP contribution in [0.25, 0.3) is 6.08 Å². The standard InChI is InChI=1S/C19H24N4O2/c1-14-13-18(21-15(2)20-14)23-10-8-16(9-11-23)22(3)19(24)7-6-17-5-4-12-25-17/h4-7,12-13,16H,8-11H2,1-3H3. The monoisotopic (exact) mass is 340 g/mol. The third-order valence-corrected chi connectivity index (χ3v) is 4.57. The Morgan fingerprint density at radius 3 is 2.72 bits per heavy atom. The van der Waals surface area contributed by atoms with Crippen molar-refractivity contribution >= 4 is 17.8 Å². The van der Waals surface area contributed by atoms with Crippen molar-refractivity contribution in [3.05, 3.63) is 47.8 Å². The van der Waals surface area contributed by atoms with Crippen molar-refractivity contribution in [2.45, 2.75) is 32.7 Å². The second-order valence-electron chi connectivity index (χ2n) is 6.43. The molecule has 1 fully saturated rings. The molecular weight excluding hydrogens is 316 g/mol. The number of furan rings is 1. The molecule has 3 rings (SSSR count). The number of anilines is 1. The highest BCUT2D eigenvalue weighted by atomic mass is 16.3. The maximum atomic E-state index is 12.3. The third-order valence-electron chi connectivity index (χ3n) is 4.57. The minimum atomic E-state index is 0.00331. The van der Waals surface area contributed by atoms with E-state index in [-0.39, 0.29) is 11.9 Å². The lowest BCUT2D eigenvalue weighted by molar-refractivity contribution is -0.127. The highest BCUT2D eigenvalue weighted by Gasteiger charge is 2.25. The Hall–Kier alpha value is -2.63. The number of hydrogen-bond donors (Lipinski definition) is 0. The van der Waals surface area contributed by atoms with Crippen LogP contribution in [0.2, 0.25) is 0 Å². The van der Waals surface area contributed by atoms with E-state index in [4.69, 9.17) is 4.42 Å². The molecular formula is C19H24N4O2. The van der Waals surface area contributed by atoms with E-state index < -0.39 is 0 Å². The number of hydrogen-bond acceptors (Lipinski definition) is 5. The molecule has 132 valence electrons. The van der Waals surface area contributed by atoms with E-state index in [1.165, 1.54) is 0 Å². The van der Waals surface area contributed by atoms with E-state index in [0.717, 1.165) is 43.3 Å². The zero-order valence-electron chi connectivity index (χ0n) is 15.0. The average molecular weight is 340 g/mol. The predicted molar refractivity (Wildman–Crippen MR) is 97.3 cm³/mol. The summed E-state index contributed by atoms with van der Waals surface area (Å²) in [5, 5.41) is 0. The van der Waals surface area contributed by atoms with Crippen molar-refractivity contribution in [3.63, 3.8) is 0 Å². The Morgan fingerprint density at radius 1 is 1.32 bits per heavy atom. The number of carbonyl (C=O) groups is 1. The summed E-state index contributed by atoms with van der Waals surface area (Å²) in [6.07, 6.45) is 6.74. The number of piperidine rings is 1. The summed E-state index contributed by atoms with van der Waals surface area (Å²) >= 11 is 0. The fraction of sp³-hybridized carbons (Fsp3) is 0.421. The van der Waals surface area contributed by atoms with Crippen molar-refractivity contribution in [2.75, 3.05) is 25.0 Å². The lowest BCUT2D eigenvalue weighted by Gasteiger charge is -2.37. The fourth-order valence-electron chi connectivity index (χ4n) is 3.18. The first-order valence-electron chi connectivity index (χ1n) is 8.58. The van der Waals surface area contributed by atoms with Gasteiger partial charge in [0.1, 0.15) is 17.4 Å². The number of likely N-dealkylation sites (N-methyl/N-ethyl adjacent to an activating group) is 1. The number of carbonyl (C=O) groups excluding carboxylic acids is 1. The van der Waals surface area contributed by atoms with E-state index in [1.54, 1.807) is 24.5 Å². The Morgan fingerprint density at radius 2 is 2.08 bits per heavy atom. The molecule has 1 amide bonds. The van der Waals surface area contributed by atoms with E-state index in [2.05, 4.69) is 14.9 Å². The maximum Gasteiger partial charge on any atom is 0.246 e. The van der Waals surface area contributed by atoms with Crippen LogP contribution in [0.3, 0.4) is 0 Å². The van der Waals surface area contributed by atoms with Gasteiger partial charge in [-0.3, -0.25) is 4.79 Å². The first-order chi connectivity index (χ1) is 12.0. The van der Waals surface area contributed by atoms with Crippen molar-refractivity contribution in [1.29, 1.82) is 0 Å². The van der Waals surface area contributed by atoms with Crippen LogP contribution in [0.15, 0.2) is 35.0 Å². The van der Waals surface area contributed by atoms with Gasteiger partial charge in [-0.15, -0.1) is 0 Å². The average Bonchev–Trinajstić information content (AvgIpc) is 3.12. The van der Waals surface area contributed by atoms with E-state index in [9.17, 15) is 4.79 Å². The van der Waals surface area contributed by atoms with Gasteiger partial charge in [-0.25, -0.2) is 9.97 Å². The second-order valence-corrected chi connectivity index (χ2v) is 6.43. The maximum absolute atomic E-state index is 12.3. The Labute approximate surface area is 148 Å². The van der Waals surface area contributed by atoms with Crippen LogP contribution < -0.4 is 4.90 Å². The fourth-order valence-corrected chi connectivity index (χ4v) is 3.18. The van der Waals surface area contributed by atoms with Crippen LogP contribution in [0, 0.1) is 13.8 Å². The molecule has 1 aliphatic rings. The Kier molecular flexibility index (Phi) is 5.16. The first kappa shape index (κ1) is 17.2. The molecule has 0 atom stereocenters. The van der Waals surface area contributed by atoms with E-state index in [1.807, 2.05) is 37.9 Å². The van der Waals surface area contributed by atoms with Crippen LogP contribution in [-0.4, -0.2) is 47.0 Å². The predicted octanol–water partition coefficient (Wildman–Crippen LogP) is 2.83. The van der Waals surface area contributed by atoms with Gasteiger partial charge in [0.25, 0.3) is 0 Å². The van der Waals surface area contributed by atoms with Gasteiger partial charge in [-0.05, 0) is 44.9 Å². The lowest BCUT2D eigenvalue weighted by Crippen LogP contribution is -2.45. The van der Waals surface area contributed by atoms with E-state index in [0.29, 0.717) is 5.76 Å². The summed E-state index contributed by atoms with van der Waals surface area (Å²) in [6, 6.07) is 5.90. The molecule has 1 saturated heterocycles. The van der Waals surface area contributed by atoms with Crippen LogP contribution in [-0.2, 0) is 4.79 Å². The molecule has 25 heavy (non-hydrogen) atoms. The topological polar surface area (TPSA) is 62.5 Å². The summed E-state index contributed by atoms with van der Waals surface area (Å²) in [5.41, 5.74) is 0.986. The second kappa shape index (κ2) is 7.51. The van der Waals surface area contributed by atoms with Crippen molar-refractivity contribution in [2.24, 2.45) is 0 Å². The van der Waals surface area contributed by atoms with Crippen molar-refractivity contribution in [3.8, 4) is 0 Å². The van der Waals surface area contributed by atoms with Crippen LogP contribution >= 0.6 is 0 Å². The number of amides is 1. The molecule has 0 unspecified atom stereocenters. The number of aryl methyl sites for hydroxylation is 2.